The molecule has 1 aliphatic rings. The van der Waals surface area contributed by atoms with Gasteiger partial charge in [0.15, 0.2) is 4.34 Å². The van der Waals surface area contributed by atoms with Crippen LogP contribution in [0.3, 0.4) is 0 Å². The highest BCUT2D eigenvalue weighted by atomic mass is 32.2. The molecule has 10 heteroatoms. The van der Waals surface area contributed by atoms with E-state index in [0.29, 0.717) is 28.2 Å². The molecule has 1 aromatic carbocycles. The normalized spacial score (nSPS) is 14.0. The quantitative estimate of drug-likeness (QED) is 0.800. The number of benzene rings is 1. The van der Waals surface area contributed by atoms with Crippen molar-refractivity contribution in [3.8, 4) is 0 Å². The summed E-state index contributed by atoms with van der Waals surface area (Å²) in [5.74, 6) is -0.444. The maximum atomic E-state index is 12.8. The summed E-state index contributed by atoms with van der Waals surface area (Å²) >= 11 is 2.51. The number of thioether (sulfide) groups is 1. The topological polar surface area (TPSA) is 87.2 Å². The van der Waals surface area contributed by atoms with Gasteiger partial charge in [-0.1, -0.05) is 23.1 Å². The van der Waals surface area contributed by atoms with Gasteiger partial charge in [-0.05, 0) is 24.3 Å². The minimum absolute atomic E-state index is 0.124. The van der Waals surface area contributed by atoms with E-state index in [9.17, 15) is 14.0 Å². The van der Waals surface area contributed by atoms with Gasteiger partial charge >= 0.3 is 6.03 Å². The van der Waals surface area contributed by atoms with Crippen LogP contribution in [-0.4, -0.2) is 45.9 Å². The SMILES string of the molecule is O=C(CSc1nnc(Nc2ccc(F)cc2)s1)N1CCNC1=O. The van der Waals surface area contributed by atoms with Crippen LogP contribution in [0.2, 0.25) is 0 Å². The summed E-state index contributed by atoms with van der Waals surface area (Å²) in [6, 6.07) is 5.53. The van der Waals surface area contributed by atoms with Crippen molar-refractivity contribution in [3.63, 3.8) is 0 Å². The second kappa shape index (κ2) is 6.92. The molecule has 0 aliphatic carbocycles. The van der Waals surface area contributed by atoms with Gasteiger partial charge in [0.1, 0.15) is 5.82 Å². The van der Waals surface area contributed by atoms with Gasteiger partial charge < -0.3 is 10.6 Å². The van der Waals surface area contributed by atoms with E-state index in [1.807, 2.05) is 0 Å². The molecule has 1 fully saturated rings. The van der Waals surface area contributed by atoms with E-state index in [2.05, 4.69) is 20.8 Å². The summed E-state index contributed by atoms with van der Waals surface area (Å²) in [6.45, 7) is 0.880. The highest BCUT2D eigenvalue weighted by Crippen LogP contribution is 2.28. The van der Waals surface area contributed by atoms with Gasteiger partial charge in [0.25, 0.3) is 0 Å². The van der Waals surface area contributed by atoms with Crippen LogP contribution in [0.15, 0.2) is 28.6 Å². The zero-order valence-electron chi connectivity index (χ0n) is 11.8. The number of hydrogen-bond donors (Lipinski definition) is 2. The smallest absolute Gasteiger partial charge is 0.324 e. The van der Waals surface area contributed by atoms with Gasteiger partial charge in [0, 0.05) is 18.8 Å². The molecule has 0 atom stereocenters. The summed E-state index contributed by atoms with van der Waals surface area (Å²) in [5.41, 5.74) is 0.698. The molecule has 7 nitrogen and oxygen atoms in total. The fourth-order valence-electron chi connectivity index (χ4n) is 1.89. The Balaban J connectivity index is 1.54. The number of halogens is 1. The van der Waals surface area contributed by atoms with E-state index in [1.165, 1.54) is 40.1 Å². The largest absolute Gasteiger partial charge is 0.336 e. The predicted octanol–water partition coefficient (Wildman–Crippen LogP) is 2.06. The third-order valence-electron chi connectivity index (χ3n) is 2.98. The number of carbonyl (C=O) groups excluding carboxylic acids is 2. The Morgan fingerprint density at radius 3 is 2.87 bits per heavy atom. The van der Waals surface area contributed by atoms with E-state index < -0.39 is 0 Å². The van der Waals surface area contributed by atoms with Gasteiger partial charge in [0.2, 0.25) is 11.0 Å². The van der Waals surface area contributed by atoms with Crippen LogP contribution in [0.4, 0.5) is 20.0 Å². The summed E-state index contributed by atoms with van der Waals surface area (Å²) in [5, 5.41) is 14.1. The molecule has 3 rings (SSSR count). The van der Waals surface area contributed by atoms with Gasteiger partial charge in [-0.3, -0.25) is 9.69 Å². The van der Waals surface area contributed by atoms with Crippen molar-refractivity contribution in [2.45, 2.75) is 4.34 Å². The highest BCUT2D eigenvalue weighted by molar-refractivity contribution is 8.01. The number of urea groups is 1. The molecule has 0 saturated carbocycles. The van der Waals surface area contributed by atoms with Gasteiger partial charge in [-0.15, -0.1) is 10.2 Å². The number of nitrogens with one attached hydrogen (secondary N) is 2. The van der Waals surface area contributed by atoms with Crippen LogP contribution in [0.25, 0.3) is 0 Å². The second-order valence-corrected chi connectivity index (χ2v) is 6.77. The van der Waals surface area contributed by atoms with Crippen LogP contribution in [-0.2, 0) is 4.79 Å². The van der Waals surface area contributed by atoms with Crippen molar-refractivity contribution in [1.82, 2.24) is 20.4 Å². The number of rotatable bonds is 5. The number of hydrogen-bond acceptors (Lipinski definition) is 7. The van der Waals surface area contributed by atoms with Crippen molar-refractivity contribution < 1.29 is 14.0 Å². The number of carbonyl (C=O) groups is 2. The molecule has 0 radical (unpaired) electrons. The fraction of sp³-hybridized carbons (Fsp3) is 0.231. The van der Waals surface area contributed by atoms with E-state index in [-0.39, 0.29) is 23.5 Å². The summed E-state index contributed by atoms with van der Waals surface area (Å²) in [6.07, 6.45) is 0. The Morgan fingerprint density at radius 1 is 1.39 bits per heavy atom. The van der Waals surface area contributed by atoms with E-state index in [4.69, 9.17) is 0 Å². The molecular formula is C13H12FN5O2S2. The van der Waals surface area contributed by atoms with Crippen molar-refractivity contribution in [1.29, 1.82) is 0 Å². The van der Waals surface area contributed by atoms with Crippen molar-refractivity contribution in [2.75, 3.05) is 24.2 Å². The number of nitrogens with zero attached hydrogens (tertiary/aromatic N) is 3. The Hall–Kier alpha value is -2.20. The van der Waals surface area contributed by atoms with Crippen LogP contribution in [0, 0.1) is 5.82 Å². The molecule has 3 amide bonds. The molecule has 1 aromatic heterocycles. The number of aromatic nitrogens is 2. The van der Waals surface area contributed by atoms with Gasteiger partial charge in [-0.2, -0.15) is 0 Å². The predicted molar refractivity (Wildman–Crippen MR) is 85.4 cm³/mol. The molecule has 2 N–H and O–H groups in total. The Bertz CT molecular complexity index is 721. The van der Waals surface area contributed by atoms with Crippen LogP contribution >= 0.6 is 23.1 Å². The number of amides is 3. The van der Waals surface area contributed by atoms with E-state index in [0.717, 1.165) is 0 Å². The first-order valence-electron chi connectivity index (χ1n) is 6.69. The lowest BCUT2D eigenvalue weighted by Crippen LogP contribution is -2.35. The molecular weight excluding hydrogens is 341 g/mol. The molecule has 23 heavy (non-hydrogen) atoms. The Kier molecular flexibility index (Phi) is 4.72. The minimum Gasteiger partial charge on any atom is -0.336 e. The van der Waals surface area contributed by atoms with E-state index >= 15 is 0 Å². The molecule has 2 heterocycles. The molecule has 120 valence electrons. The fourth-order valence-corrected chi connectivity index (χ4v) is 3.53. The van der Waals surface area contributed by atoms with Crippen molar-refractivity contribution in [2.24, 2.45) is 0 Å². The van der Waals surface area contributed by atoms with E-state index in [1.54, 1.807) is 12.1 Å². The molecule has 0 unspecified atom stereocenters. The zero-order valence-corrected chi connectivity index (χ0v) is 13.4. The van der Waals surface area contributed by atoms with Crippen molar-refractivity contribution in [3.05, 3.63) is 30.1 Å². The molecule has 0 spiro atoms. The van der Waals surface area contributed by atoms with Gasteiger partial charge in [-0.25, -0.2) is 9.18 Å². The average molecular weight is 353 g/mol. The molecule has 0 bridgehead atoms. The lowest BCUT2D eigenvalue weighted by Gasteiger charge is -2.10. The third-order valence-corrected chi connectivity index (χ3v) is 4.94. The van der Waals surface area contributed by atoms with Gasteiger partial charge in [0.05, 0.1) is 5.75 Å². The monoisotopic (exact) mass is 353 g/mol. The minimum atomic E-state index is -0.355. The standard InChI is InChI=1S/C13H12FN5O2S2/c14-8-1-3-9(4-2-8)16-11-17-18-13(23-11)22-7-10(20)19-6-5-15-12(19)21/h1-4H,5-7H2,(H,15,21)(H,16,17). The maximum absolute atomic E-state index is 12.8. The summed E-state index contributed by atoms with van der Waals surface area (Å²) in [7, 11) is 0. The summed E-state index contributed by atoms with van der Waals surface area (Å²) in [4.78, 5) is 24.5. The molecule has 2 aromatic rings. The van der Waals surface area contributed by atoms with Crippen LogP contribution < -0.4 is 10.6 Å². The Morgan fingerprint density at radius 2 is 2.17 bits per heavy atom. The highest BCUT2D eigenvalue weighted by Gasteiger charge is 2.26. The lowest BCUT2D eigenvalue weighted by atomic mass is 10.3. The first kappa shape index (κ1) is 15.7. The first-order valence-corrected chi connectivity index (χ1v) is 8.49. The van der Waals surface area contributed by atoms with Crippen LogP contribution in [0.1, 0.15) is 0 Å². The maximum Gasteiger partial charge on any atom is 0.324 e. The molecule has 1 aliphatic heterocycles. The average Bonchev–Trinajstić information content (AvgIpc) is 3.16. The second-order valence-electron chi connectivity index (χ2n) is 4.57. The molecule has 1 saturated heterocycles. The van der Waals surface area contributed by atoms with Crippen molar-refractivity contribution >= 4 is 45.9 Å². The zero-order chi connectivity index (χ0) is 16.2. The first-order chi connectivity index (χ1) is 11.1. The summed E-state index contributed by atoms with van der Waals surface area (Å²) < 4.78 is 13.5. The lowest BCUT2D eigenvalue weighted by molar-refractivity contribution is -0.124. The number of imide groups is 1. The van der Waals surface area contributed by atoms with Crippen LogP contribution in [0.5, 0.6) is 0 Å². The number of anilines is 2. The Labute approximate surface area is 139 Å². The third kappa shape index (κ3) is 3.96.